The van der Waals surface area contributed by atoms with Crippen LogP contribution in [0.3, 0.4) is 0 Å². The molecule has 0 saturated carbocycles. The summed E-state index contributed by atoms with van der Waals surface area (Å²) >= 11 is 0. The minimum atomic E-state index is -0.0450. The molecule has 0 unspecified atom stereocenters. The Morgan fingerprint density at radius 1 is 1.29 bits per heavy atom. The molecule has 0 radical (unpaired) electrons. The third-order valence-electron chi connectivity index (χ3n) is 4.34. The van der Waals surface area contributed by atoms with E-state index in [1.54, 1.807) is 0 Å². The van der Waals surface area contributed by atoms with E-state index in [4.69, 9.17) is 9.47 Å². The van der Waals surface area contributed by atoms with Gasteiger partial charge >= 0.3 is 0 Å². The van der Waals surface area contributed by atoms with Gasteiger partial charge in [-0.3, -0.25) is 4.79 Å². The first kappa shape index (κ1) is 18.7. The lowest BCUT2D eigenvalue weighted by atomic mass is 9.97. The second-order valence-electron chi connectivity index (χ2n) is 6.62. The first-order chi connectivity index (χ1) is 11.6. The molecule has 2 rings (SSSR count). The van der Waals surface area contributed by atoms with Gasteiger partial charge in [-0.2, -0.15) is 0 Å². The van der Waals surface area contributed by atoms with E-state index >= 15 is 0 Å². The van der Waals surface area contributed by atoms with Crippen LogP contribution in [-0.2, 0) is 9.53 Å². The Hall–Kier alpha value is -1.59. The summed E-state index contributed by atoms with van der Waals surface area (Å²) in [6.45, 7) is 8.40. The predicted octanol–water partition coefficient (Wildman–Crippen LogP) is 2.32. The van der Waals surface area contributed by atoms with Gasteiger partial charge in [0.15, 0.2) is 0 Å². The molecule has 1 heterocycles. The smallest absolute Gasteiger partial charge is 0.246 e. The zero-order chi connectivity index (χ0) is 17.2. The number of benzene rings is 1. The summed E-state index contributed by atoms with van der Waals surface area (Å²) in [7, 11) is 0. The molecule has 1 aliphatic rings. The topological polar surface area (TPSA) is 50.8 Å². The summed E-state index contributed by atoms with van der Waals surface area (Å²) in [6, 6.07) is 10.2. The lowest BCUT2D eigenvalue weighted by Crippen LogP contribution is -2.44. The van der Waals surface area contributed by atoms with Crippen molar-refractivity contribution in [2.45, 2.75) is 32.7 Å². The number of amides is 1. The number of hydrogen-bond donors (Lipinski definition) is 1. The Bertz CT molecular complexity index is 479. The number of likely N-dealkylation sites (tertiary alicyclic amines) is 1. The second-order valence-corrected chi connectivity index (χ2v) is 6.62. The Balaban J connectivity index is 1.52. The molecular weight excluding hydrogens is 304 g/mol. The van der Waals surface area contributed by atoms with E-state index < -0.39 is 0 Å². The monoisotopic (exact) mass is 334 g/mol. The van der Waals surface area contributed by atoms with Crippen LogP contribution in [0.5, 0.6) is 5.75 Å². The molecule has 1 atom stereocenters. The molecule has 5 nitrogen and oxygen atoms in total. The normalized spacial score (nSPS) is 18.5. The molecule has 1 aromatic carbocycles. The van der Waals surface area contributed by atoms with Crippen molar-refractivity contribution in [1.29, 1.82) is 0 Å². The van der Waals surface area contributed by atoms with E-state index in [1.807, 2.05) is 30.3 Å². The number of ether oxygens (including phenoxy) is 2. The number of nitrogens with one attached hydrogen (secondary N) is 1. The summed E-state index contributed by atoms with van der Waals surface area (Å²) in [5.74, 6) is 1.32. The average Bonchev–Trinajstić information content (AvgIpc) is 2.61. The van der Waals surface area contributed by atoms with E-state index in [-0.39, 0.29) is 12.5 Å². The van der Waals surface area contributed by atoms with E-state index in [1.165, 1.54) is 19.4 Å². The van der Waals surface area contributed by atoms with Gasteiger partial charge in [0.25, 0.3) is 0 Å². The van der Waals surface area contributed by atoms with Crippen molar-refractivity contribution in [3.05, 3.63) is 30.3 Å². The van der Waals surface area contributed by atoms with Gasteiger partial charge < -0.3 is 19.7 Å². The lowest BCUT2D eigenvalue weighted by Gasteiger charge is -2.35. The number of para-hydroxylation sites is 1. The minimum absolute atomic E-state index is 0.0450. The van der Waals surface area contributed by atoms with E-state index in [2.05, 4.69) is 24.1 Å². The predicted molar refractivity (Wildman–Crippen MR) is 95.2 cm³/mol. The number of carbonyl (C=O) groups is 1. The molecule has 0 spiro atoms. The van der Waals surface area contributed by atoms with Gasteiger partial charge in [-0.1, -0.05) is 18.2 Å². The maximum absolute atomic E-state index is 11.8. The summed E-state index contributed by atoms with van der Waals surface area (Å²) in [4.78, 5) is 14.3. The van der Waals surface area contributed by atoms with E-state index in [9.17, 15) is 4.79 Å². The summed E-state index contributed by atoms with van der Waals surface area (Å²) < 4.78 is 10.9. The van der Waals surface area contributed by atoms with Crippen molar-refractivity contribution in [3.8, 4) is 5.75 Å². The van der Waals surface area contributed by atoms with E-state index in [0.29, 0.717) is 25.2 Å². The summed E-state index contributed by atoms with van der Waals surface area (Å²) in [5, 5.41) is 2.99. The van der Waals surface area contributed by atoms with Gasteiger partial charge in [-0.15, -0.1) is 0 Å². The fourth-order valence-electron chi connectivity index (χ4n) is 2.94. The summed E-state index contributed by atoms with van der Waals surface area (Å²) in [6.07, 6.45) is 2.40. The van der Waals surface area contributed by atoms with Gasteiger partial charge in [0.2, 0.25) is 5.91 Å². The van der Waals surface area contributed by atoms with Crippen LogP contribution in [0, 0.1) is 5.92 Å². The van der Waals surface area contributed by atoms with Crippen LogP contribution in [0.4, 0.5) is 0 Å². The van der Waals surface area contributed by atoms with Crippen molar-refractivity contribution < 1.29 is 14.3 Å². The van der Waals surface area contributed by atoms with Gasteiger partial charge in [0.1, 0.15) is 19.0 Å². The highest BCUT2D eigenvalue weighted by Crippen LogP contribution is 2.17. The Morgan fingerprint density at radius 3 is 2.83 bits per heavy atom. The first-order valence-electron chi connectivity index (χ1n) is 8.91. The van der Waals surface area contributed by atoms with Crippen LogP contribution in [0.2, 0.25) is 0 Å². The third kappa shape index (κ3) is 6.89. The molecule has 1 saturated heterocycles. The molecule has 0 bridgehead atoms. The lowest BCUT2D eigenvalue weighted by molar-refractivity contribution is -0.126. The molecule has 1 aliphatic heterocycles. The molecular formula is C19H30N2O3. The number of piperidine rings is 1. The third-order valence-corrected chi connectivity index (χ3v) is 4.34. The van der Waals surface area contributed by atoms with Crippen molar-refractivity contribution in [2.75, 3.05) is 39.5 Å². The van der Waals surface area contributed by atoms with Gasteiger partial charge in [-0.25, -0.2) is 0 Å². The van der Waals surface area contributed by atoms with E-state index in [0.717, 1.165) is 18.8 Å². The largest absolute Gasteiger partial charge is 0.491 e. The standard InChI is InChI=1S/C19H30N2O3/c1-16(2)21-10-6-7-17(14-21)13-20-19(22)15-23-11-12-24-18-8-4-3-5-9-18/h3-5,8-9,16-17H,6-7,10-15H2,1-2H3,(H,20,22)/t17-/m0/s1. The fraction of sp³-hybridized carbons (Fsp3) is 0.632. The Morgan fingerprint density at radius 2 is 2.08 bits per heavy atom. The molecule has 5 heteroatoms. The van der Waals surface area contributed by atoms with Crippen molar-refractivity contribution >= 4 is 5.91 Å². The fourth-order valence-corrected chi connectivity index (χ4v) is 2.94. The van der Waals surface area contributed by atoms with Crippen molar-refractivity contribution in [1.82, 2.24) is 10.2 Å². The maximum atomic E-state index is 11.8. The maximum Gasteiger partial charge on any atom is 0.246 e. The number of hydrogen-bond acceptors (Lipinski definition) is 4. The van der Waals surface area contributed by atoms with Crippen LogP contribution < -0.4 is 10.1 Å². The molecule has 0 aliphatic carbocycles. The highest BCUT2D eigenvalue weighted by Gasteiger charge is 2.21. The summed E-state index contributed by atoms with van der Waals surface area (Å²) in [5.41, 5.74) is 0. The Labute approximate surface area is 145 Å². The van der Waals surface area contributed by atoms with Crippen molar-refractivity contribution in [2.24, 2.45) is 5.92 Å². The molecule has 1 fully saturated rings. The zero-order valence-electron chi connectivity index (χ0n) is 14.9. The molecule has 134 valence electrons. The molecule has 0 aromatic heterocycles. The molecule has 1 N–H and O–H groups in total. The van der Waals surface area contributed by atoms with Crippen LogP contribution in [0.1, 0.15) is 26.7 Å². The minimum Gasteiger partial charge on any atom is -0.491 e. The zero-order valence-corrected chi connectivity index (χ0v) is 14.9. The number of rotatable bonds is 9. The van der Waals surface area contributed by atoms with Crippen LogP contribution in [-0.4, -0.2) is 56.3 Å². The van der Waals surface area contributed by atoms with Gasteiger partial charge in [0, 0.05) is 19.1 Å². The number of carbonyl (C=O) groups excluding carboxylic acids is 1. The molecule has 24 heavy (non-hydrogen) atoms. The highest BCUT2D eigenvalue weighted by atomic mass is 16.5. The highest BCUT2D eigenvalue weighted by molar-refractivity contribution is 5.77. The van der Waals surface area contributed by atoms with Gasteiger partial charge in [0.05, 0.1) is 6.61 Å². The van der Waals surface area contributed by atoms with Crippen LogP contribution >= 0.6 is 0 Å². The molecule has 1 amide bonds. The van der Waals surface area contributed by atoms with Crippen LogP contribution in [0.25, 0.3) is 0 Å². The quantitative estimate of drug-likeness (QED) is 0.704. The SMILES string of the molecule is CC(C)N1CCC[C@@H](CNC(=O)COCCOc2ccccc2)C1. The second kappa shape index (κ2) is 10.3. The average molecular weight is 334 g/mol. The number of nitrogens with zero attached hydrogens (tertiary/aromatic N) is 1. The van der Waals surface area contributed by atoms with Crippen molar-refractivity contribution in [3.63, 3.8) is 0 Å². The Kier molecular flexibility index (Phi) is 8.05. The van der Waals surface area contributed by atoms with Gasteiger partial charge in [-0.05, 0) is 51.3 Å². The first-order valence-corrected chi connectivity index (χ1v) is 8.91. The van der Waals surface area contributed by atoms with Crippen LogP contribution in [0.15, 0.2) is 30.3 Å². The molecule has 1 aromatic rings.